The molecule has 0 unspecified atom stereocenters. The first-order valence-corrected chi connectivity index (χ1v) is 9.00. The number of sulfone groups is 1. The van der Waals surface area contributed by atoms with Crippen LogP contribution < -0.4 is 5.73 Å². The van der Waals surface area contributed by atoms with E-state index in [4.69, 9.17) is 5.73 Å². The highest BCUT2D eigenvalue weighted by Gasteiger charge is 2.31. The van der Waals surface area contributed by atoms with E-state index >= 15 is 0 Å². The lowest BCUT2D eigenvalue weighted by atomic mass is 9.72. The highest BCUT2D eigenvalue weighted by molar-refractivity contribution is 7.91. The predicted octanol–water partition coefficient (Wildman–Crippen LogP) is 1.02. The minimum Gasteiger partial charge on any atom is -0.330 e. The Balaban J connectivity index is 1.80. The monoisotopic (exact) mass is 274 g/mol. The Kier molecular flexibility index (Phi) is 4.67. The number of hydrogen-bond donors (Lipinski definition) is 1. The van der Waals surface area contributed by atoms with Gasteiger partial charge in [0.1, 0.15) is 0 Å². The van der Waals surface area contributed by atoms with Gasteiger partial charge >= 0.3 is 0 Å². The third-order valence-electron chi connectivity index (χ3n) is 4.74. The Hall–Kier alpha value is -0.130. The van der Waals surface area contributed by atoms with Crippen LogP contribution in [-0.2, 0) is 9.84 Å². The van der Waals surface area contributed by atoms with E-state index in [0.717, 1.165) is 19.5 Å². The standard InChI is InChI=1S/C13H26N2O2S/c14-12-13(4-2-1-3-5-13)6-7-15-8-10-18(16,17)11-9-15/h1-12,14H2. The molecule has 2 aliphatic rings. The van der Waals surface area contributed by atoms with Crippen molar-refractivity contribution in [2.24, 2.45) is 11.1 Å². The van der Waals surface area contributed by atoms with Gasteiger partial charge in [-0.05, 0) is 37.8 Å². The topological polar surface area (TPSA) is 63.4 Å². The summed E-state index contributed by atoms with van der Waals surface area (Å²) in [5, 5.41) is 0. The summed E-state index contributed by atoms with van der Waals surface area (Å²) in [6.45, 7) is 3.23. The minimum absolute atomic E-state index is 0.336. The summed E-state index contributed by atoms with van der Waals surface area (Å²) in [4.78, 5) is 2.30. The average Bonchev–Trinajstić information content (AvgIpc) is 2.39. The molecule has 0 atom stereocenters. The first-order valence-electron chi connectivity index (χ1n) is 7.18. The van der Waals surface area contributed by atoms with Gasteiger partial charge in [-0.2, -0.15) is 0 Å². The number of rotatable bonds is 4. The number of nitrogens with zero attached hydrogens (tertiary/aromatic N) is 1. The van der Waals surface area contributed by atoms with Gasteiger partial charge < -0.3 is 10.6 Å². The second-order valence-corrected chi connectivity index (χ2v) is 8.31. The van der Waals surface area contributed by atoms with Crippen LogP contribution in [0.3, 0.4) is 0 Å². The highest BCUT2D eigenvalue weighted by Crippen LogP contribution is 2.38. The fourth-order valence-corrected chi connectivity index (χ4v) is 4.50. The summed E-state index contributed by atoms with van der Waals surface area (Å²) in [7, 11) is -2.75. The summed E-state index contributed by atoms with van der Waals surface area (Å²) < 4.78 is 22.7. The fourth-order valence-electron chi connectivity index (χ4n) is 3.23. The third-order valence-corrected chi connectivity index (χ3v) is 6.35. The summed E-state index contributed by atoms with van der Waals surface area (Å²) in [5.41, 5.74) is 6.32. The van der Waals surface area contributed by atoms with Crippen molar-refractivity contribution in [1.29, 1.82) is 0 Å². The lowest BCUT2D eigenvalue weighted by Crippen LogP contribution is -2.43. The quantitative estimate of drug-likeness (QED) is 0.831. The molecule has 0 aromatic rings. The van der Waals surface area contributed by atoms with Gasteiger partial charge in [-0.15, -0.1) is 0 Å². The molecular formula is C13H26N2O2S. The SMILES string of the molecule is NCC1(CCN2CCS(=O)(=O)CC2)CCCCC1. The van der Waals surface area contributed by atoms with E-state index in [9.17, 15) is 8.42 Å². The van der Waals surface area contributed by atoms with Crippen molar-refractivity contribution in [2.75, 3.05) is 37.7 Å². The number of nitrogens with two attached hydrogens (primary N) is 1. The fraction of sp³-hybridized carbons (Fsp3) is 1.00. The van der Waals surface area contributed by atoms with Crippen LogP contribution in [-0.4, -0.2) is 51.0 Å². The molecule has 1 aliphatic heterocycles. The van der Waals surface area contributed by atoms with E-state index in [-0.39, 0.29) is 0 Å². The van der Waals surface area contributed by atoms with Gasteiger partial charge in [-0.25, -0.2) is 8.42 Å². The lowest BCUT2D eigenvalue weighted by Gasteiger charge is -2.38. The van der Waals surface area contributed by atoms with Crippen molar-refractivity contribution in [2.45, 2.75) is 38.5 Å². The molecule has 0 spiro atoms. The molecule has 2 rings (SSSR count). The molecule has 1 saturated carbocycles. The average molecular weight is 274 g/mol. The van der Waals surface area contributed by atoms with Crippen LogP contribution in [0.2, 0.25) is 0 Å². The van der Waals surface area contributed by atoms with E-state index in [0.29, 0.717) is 30.0 Å². The van der Waals surface area contributed by atoms with E-state index in [2.05, 4.69) is 4.90 Å². The zero-order chi connectivity index (χ0) is 13.1. The van der Waals surface area contributed by atoms with E-state index < -0.39 is 9.84 Å². The van der Waals surface area contributed by atoms with E-state index in [1.165, 1.54) is 32.1 Å². The summed E-state index contributed by atoms with van der Waals surface area (Å²) >= 11 is 0. The molecule has 106 valence electrons. The van der Waals surface area contributed by atoms with Crippen molar-refractivity contribution in [3.8, 4) is 0 Å². The molecule has 1 heterocycles. The zero-order valence-electron chi connectivity index (χ0n) is 11.2. The molecule has 1 aliphatic carbocycles. The minimum atomic E-state index is -2.75. The van der Waals surface area contributed by atoms with Gasteiger partial charge in [0.25, 0.3) is 0 Å². The first kappa shape index (κ1) is 14.3. The van der Waals surface area contributed by atoms with E-state index in [1.807, 2.05) is 0 Å². The van der Waals surface area contributed by atoms with Crippen molar-refractivity contribution < 1.29 is 8.42 Å². The summed E-state index contributed by atoms with van der Waals surface area (Å²) in [6.07, 6.45) is 7.63. The van der Waals surface area contributed by atoms with Gasteiger partial charge in [-0.3, -0.25) is 0 Å². The smallest absolute Gasteiger partial charge is 0.152 e. The van der Waals surface area contributed by atoms with Gasteiger partial charge in [0, 0.05) is 13.1 Å². The van der Waals surface area contributed by atoms with E-state index in [1.54, 1.807) is 0 Å². The molecule has 0 amide bonds. The van der Waals surface area contributed by atoms with Crippen LogP contribution in [0.15, 0.2) is 0 Å². The molecule has 0 bridgehead atoms. The molecule has 18 heavy (non-hydrogen) atoms. The van der Waals surface area contributed by atoms with Crippen molar-refractivity contribution >= 4 is 9.84 Å². The molecule has 0 aromatic heterocycles. The van der Waals surface area contributed by atoms with Crippen LogP contribution in [0.4, 0.5) is 0 Å². The predicted molar refractivity (Wildman–Crippen MR) is 74.3 cm³/mol. The highest BCUT2D eigenvalue weighted by atomic mass is 32.2. The third kappa shape index (κ3) is 3.68. The van der Waals surface area contributed by atoms with Crippen molar-refractivity contribution in [1.82, 2.24) is 4.90 Å². The lowest BCUT2D eigenvalue weighted by molar-refractivity contribution is 0.150. The molecule has 5 heteroatoms. The second-order valence-electron chi connectivity index (χ2n) is 6.01. The Morgan fingerprint density at radius 3 is 2.22 bits per heavy atom. The first-order chi connectivity index (χ1) is 8.55. The second kappa shape index (κ2) is 5.88. The van der Waals surface area contributed by atoms with Crippen LogP contribution in [0.25, 0.3) is 0 Å². The van der Waals surface area contributed by atoms with Gasteiger partial charge in [0.15, 0.2) is 9.84 Å². The summed E-state index contributed by atoms with van der Waals surface area (Å²) in [6, 6.07) is 0. The molecular weight excluding hydrogens is 248 g/mol. The van der Waals surface area contributed by atoms with Gasteiger partial charge in [0.2, 0.25) is 0 Å². The van der Waals surface area contributed by atoms with Gasteiger partial charge in [0.05, 0.1) is 11.5 Å². The Morgan fingerprint density at radius 2 is 1.67 bits per heavy atom. The van der Waals surface area contributed by atoms with Crippen molar-refractivity contribution in [3.63, 3.8) is 0 Å². The molecule has 2 N–H and O–H groups in total. The maximum atomic E-state index is 11.4. The van der Waals surface area contributed by atoms with Crippen molar-refractivity contribution in [3.05, 3.63) is 0 Å². The maximum absolute atomic E-state index is 11.4. The van der Waals surface area contributed by atoms with Crippen LogP contribution >= 0.6 is 0 Å². The molecule has 1 saturated heterocycles. The maximum Gasteiger partial charge on any atom is 0.152 e. The molecule has 4 nitrogen and oxygen atoms in total. The largest absolute Gasteiger partial charge is 0.330 e. The Bertz CT molecular complexity index is 347. The zero-order valence-corrected chi connectivity index (χ0v) is 12.1. The van der Waals surface area contributed by atoms with Crippen LogP contribution in [0.1, 0.15) is 38.5 Å². The summed E-state index contributed by atoms with van der Waals surface area (Å²) in [5.74, 6) is 0.672. The van der Waals surface area contributed by atoms with Crippen LogP contribution in [0.5, 0.6) is 0 Å². The Labute approximate surface area is 111 Å². The molecule has 2 fully saturated rings. The van der Waals surface area contributed by atoms with Gasteiger partial charge in [-0.1, -0.05) is 19.3 Å². The normalized spacial score (nSPS) is 28.1. The Morgan fingerprint density at radius 1 is 1.06 bits per heavy atom. The van der Waals surface area contributed by atoms with Crippen LogP contribution in [0, 0.1) is 5.41 Å². The number of hydrogen-bond acceptors (Lipinski definition) is 4. The molecule has 0 aromatic carbocycles. The molecule has 0 radical (unpaired) electrons.